The lowest BCUT2D eigenvalue weighted by atomic mass is 10.1. The molecular weight excluding hydrogens is 510 g/mol. The monoisotopic (exact) mass is 534 g/mol. The largest absolute Gasteiger partial charge is 0.356 e. The van der Waals surface area contributed by atoms with Crippen molar-refractivity contribution in [3.8, 4) is 0 Å². The number of carbonyl (C=O) groups is 1. The SMILES string of the molecule is CN=C(NCCc1cccc(C(=O)NC)c1)N(C)Cc1ccc(Cl)c(Cl)c1.I. The van der Waals surface area contributed by atoms with Gasteiger partial charge in [-0.05, 0) is 41.8 Å². The summed E-state index contributed by atoms with van der Waals surface area (Å²) < 4.78 is 0. The van der Waals surface area contributed by atoms with Crippen molar-refractivity contribution in [2.24, 2.45) is 4.99 Å². The Labute approximate surface area is 193 Å². The van der Waals surface area contributed by atoms with Crippen molar-refractivity contribution < 1.29 is 4.79 Å². The zero-order valence-corrected chi connectivity index (χ0v) is 20.0. The third-order valence-corrected chi connectivity index (χ3v) is 4.83. The van der Waals surface area contributed by atoms with E-state index in [4.69, 9.17) is 23.2 Å². The Morgan fingerprint density at radius 1 is 1.11 bits per heavy atom. The Balaban J connectivity index is 0.00000392. The van der Waals surface area contributed by atoms with Crippen LogP contribution < -0.4 is 10.6 Å². The van der Waals surface area contributed by atoms with E-state index >= 15 is 0 Å². The molecule has 0 radical (unpaired) electrons. The molecule has 8 heteroatoms. The van der Waals surface area contributed by atoms with E-state index in [-0.39, 0.29) is 29.9 Å². The summed E-state index contributed by atoms with van der Waals surface area (Å²) in [5.41, 5.74) is 2.80. The fourth-order valence-corrected chi connectivity index (χ4v) is 3.02. The molecule has 0 fully saturated rings. The first-order valence-corrected chi connectivity index (χ1v) is 9.37. The van der Waals surface area contributed by atoms with Crippen LogP contribution in [0.2, 0.25) is 10.0 Å². The molecule has 1 amide bonds. The second-order valence-corrected chi connectivity index (χ2v) is 6.92. The van der Waals surface area contributed by atoms with Crippen LogP contribution in [0.5, 0.6) is 0 Å². The number of nitrogens with zero attached hydrogens (tertiary/aromatic N) is 2. The van der Waals surface area contributed by atoms with Crippen LogP contribution in [0, 0.1) is 0 Å². The van der Waals surface area contributed by atoms with Gasteiger partial charge in [-0.2, -0.15) is 0 Å². The molecule has 0 saturated carbocycles. The molecule has 2 N–H and O–H groups in total. The van der Waals surface area contributed by atoms with Crippen LogP contribution in [0.4, 0.5) is 0 Å². The molecule has 2 rings (SSSR count). The number of amides is 1. The number of nitrogens with one attached hydrogen (secondary N) is 2. The van der Waals surface area contributed by atoms with Crippen molar-refractivity contribution in [3.05, 3.63) is 69.2 Å². The smallest absolute Gasteiger partial charge is 0.251 e. The maximum atomic E-state index is 11.7. The predicted octanol–water partition coefficient (Wildman–Crippen LogP) is 4.22. The molecule has 0 aliphatic rings. The van der Waals surface area contributed by atoms with Gasteiger partial charge in [0.2, 0.25) is 0 Å². The van der Waals surface area contributed by atoms with E-state index < -0.39 is 0 Å². The highest BCUT2D eigenvalue weighted by atomic mass is 127. The highest BCUT2D eigenvalue weighted by molar-refractivity contribution is 14.0. The van der Waals surface area contributed by atoms with Crippen molar-refractivity contribution >= 4 is 59.0 Å². The maximum absolute atomic E-state index is 11.7. The number of hydrogen-bond donors (Lipinski definition) is 2. The second kappa shape index (κ2) is 12.1. The molecule has 0 bridgehead atoms. The number of rotatable bonds is 6. The molecule has 0 aromatic heterocycles. The molecule has 0 aliphatic heterocycles. The summed E-state index contributed by atoms with van der Waals surface area (Å²) in [4.78, 5) is 18.1. The minimum atomic E-state index is -0.0815. The van der Waals surface area contributed by atoms with Crippen LogP contribution >= 0.6 is 47.2 Å². The number of aliphatic imine (C=N–C) groups is 1. The highest BCUT2D eigenvalue weighted by Crippen LogP contribution is 2.23. The van der Waals surface area contributed by atoms with Crippen molar-refractivity contribution in [3.63, 3.8) is 0 Å². The average Bonchev–Trinajstić information content (AvgIpc) is 2.67. The van der Waals surface area contributed by atoms with Gasteiger partial charge in [0.1, 0.15) is 0 Å². The van der Waals surface area contributed by atoms with Gasteiger partial charge in [-0.3, -0.25) is 9.79 Å². The summed E-state index contributed by atoms with van der Waals surface area (Å²) in [6.07, 6.45) is 0.782. The molecule has 0 saturated heterocycles. The number of halogens is 3. The molecular formula is C20H25Cl2IN4O. The average molecular weight is 535 g/mol. The van der Waals surface area contributed by atoms with E-state index in [2.05, 4.69) is 15.6 Å². The normalized spacial score (nSPS) is 10.8. The van der Waals surface area contributed by atoms with Crippen molar-refractivity contribution in [2.75, 3.05) is 27.7 Å². The summed E-state index contributed by atoms with van der Waals surface area (Å²) in [7, 11) is 5.34. The third kappa shape index (κ3) is 7.14. The summed E-state index contributed by atoms with van der Waals surface area (Å²) in [6, 6.07) is 13.2. The molecule has 0 heterocycles. The maximum Gasteiger partial charge on any atom is 0.251 e. The number of benzene rings is 2. The Bertz CT molecular complexity index is 830. The van der Waals surface area contributed by atoms with E-state index in [1.54, 1.807) is 26.2 Å². The van der Waals surface area contributed by atoms with Gasteiger partial charge in [0.15, 0.2) is 5.96 Å². The highest BCUT2D eigenvalue weighted by Gasteiger charge is 2.08. The Morgan fingerprint density at radius 3 is 2.50 bits per heavy atom. The Morgan fingerprint density at radius 2 is 1.86 bits per heavy atom. The van der Waals surface area contributed by atoms with Gasteiger partial charge in [0, 0.05) is 39.8 Å². The predicted molar refractivity (Wildman–Crippen MR) is 128 cm³/mol. The van der Waals surface area contributed by atoms with Crippen molar-refractivity contribution in [1.82, 2.24) is 15.5 Å². The van der Waals surface area contributed by atoms with Crippen LogP contribution in [0.15, 0.2) is 47.5 Å². The first kappa shape index (κ1) is 24.5. The summed E-state index contributed by atoms with van der Waals surface area (Å²) in [5.74, 6) is 0.700. The van der Waals surface area contributed by atoms with Gasteiger partial charge < -0.3 is 15.5 Å². The summed E-state index contributed by atoms with van der Waals surface area (Å²) in [5, 5.41) is 7.07. The van der Waals surface area contributed by atoms with Gasteiger partial charge in [-0.15, -0.1) is 24.0 Å². The zero-order chi connectivity index (χ0) is 19.8. The molecule has 0 spiro atoms. The zero-order valence-electron chi connectivity index (χ0n) is 16.1. The van der Waals surface area contributed by atoms with E-state index in [1.807, 2.05) is 42.3 Å². The quantitative estimate of drug-likeness (QED) is 0.331. The van der Waals surface area contributed by atoms with E-state index in [9.17, 15) is 4.79 Å². The summed E-state index contributed by atoms with van der Waals surface area (Å²) in [6.45, 7) is 1.36. The standard InChI is InChI=1S/C20H24Cl2N4O.HI/c1-23-19(27)16-6-4-5-14(11-16)9-10-25-20(24-2)26(3)13-15-7-8-17(21)18(22)12-15;/h4-8,11-12H,9-10,13H2,1-3H3,(H,23,27)(H,24,25);1H. The van der Waals surface area contributed by atoms with Crippen LogP contribution in [0.1, 0.15) is 21.5 Å². The number of hydrogen-bond acceptors (Lipinski definition) is 2. The van der Waals surface area contributed by atoms with Gasteiger partial charge in [-0.25, -0.2) is 0 Å². The lowest BCUT2D eigenvalue weighted by Crippen LogP contribution is -2.39. The number of guanidine groups is 1. The minimum absolute atomic E-state index is 0. The van der Waals surface area contributed by atoms with Crippen molar-refractivity contribution in [1.29, 1.82) is 0 Å². The molecule has 2 aromatic carbocycles. The Kier molecular flexibility index (Phi) is 10.6. The molecule has 0 aliphatic carbocycles. The first-order chi connectivity index (χ1) is 12.9. The van der Waals surface area contributed by atoms with Crippen LogP contribution in [-0.4, -0.2) is 44.5 Å². The van der Waals surface area contributed by atoms with Gasteiger partial charge in [-0.1, -0.05) is 41.4 Å². The van der Waals surface area contributed by atoms with Gasteiger partial charge >= 0.3 is 0 Å². The topological polar surface area (TPSA) is 56.7 Å². The molecule has 152 valence electrons. The molecule has 2 aromatic rings. The third-order valence-electron chi connectivity index (χ3n) is 4.09. The number of carbonyl (C=O) groups excluding carboxylic acids is 1. The van der Waals surface area contributed by atoms with Crippen LogP contribution in [0.3, 0.4) is 0 Å². The lowest BCUT2D eigenvalue weighted by molar-refractivity contribution is 0.0963. The molecule has 0 unspecified atom stereocenters. The fraction of sp³-hybridized carbons (Fsp3) is 0.300. The van der Waals surface area contributed by atoms with E-state index in [0.717, 1.165) is 23.5 Å². The van der Waals surface area contributed by atoms with E-state index in [1.165, 1.54) is 0 Å². The summed E-state index contributed by atoms with van der Waals surface area (Å²) >= 11 is 12.0. The Hall–Kier alpha value is -1.51. The van der Waals surface area contributed by atoms with E-state index in [0.29, 0.717) is 28.7 Å². The fourth-order valence-electron chi connectivity index (χ4n) is 2.70. The van der Waals surface area contributed by atoms with Gasteiger partial charge in [0.25, 0.3) is 5.91 Å². The molecule has 5 nitrogen and oxygen atoms in total. The minimum Gasteiger partial charge on any atom is -0.356 e. The molecule has 0 atom stereocenters. The first-order valence-electron chi connectivity index (χ1n) is 8.61. The van der Waals surface area contributed by atoms with Crippen LogP contribution in [-0.2, 0) is 13.0 Å². The van der Waals surface area contributed by atoms with Crippen molar-refractivity contribution in [2.45, 2.75) is 13.0 Å². The lowest BCUT2D eigenvalue weighted by Gasteiger charge is -2.22. The van der Waals surface area contributed by atoms with Gasteiger partial charge in [0.05, 0.1) is 10.0 Å². The van der Waals surface area contributed by atoms with Crippen LogP contribution in [0.25, 0.3) is 0 Å². The second-order valence-electron chi connectivity index (χ2n) is 6.11. The molecule has 28 heavy (non-hydrogen) atoms.